The van der Waals surface area contributed by atoms with Crippen LogP contribution in [0, 0.1) is 5.41 Å². The number of carbonyl (C=O) groups excluding carboxylic acids is 1. The molecule has 94 valence electrons. The first-order chi connectivity index (χ1) is 8.04. The number of ether oxygens (including phenoxy) is 1. The molecular weight excluding hydrogens is 250 g/mol. The average molecular weight is 263 g/mol. The molecule has 0 fully saturated rings. The highest BCUT2D eigenvalue weighted by Gasteiger charge is 2.37. The van der Waals surface area contributed by atoms with Gasteiger partial charge in [0.2, 0.25) is 0 Å². The first kappa shape index (κ1) is 13.9. The van der Waals surface area contributed by atoms with E-state index in [1.54, 1.807) is 24.3 Å². The van der Waals surface area contributed by atoms with Crippen molar-refractivity contribution in [1.82, 2.24) is 0 Å². The molecular formula is C12H13ClF2O2. The van der Waals surface area contributed by atoms with Crippen molar-refractivity contribution in [2.45, 2.75) is 6.92 Å². The lowest BCUT2D eigenvalue weighted by Gasteiger charge is -2.24. The fraction of sp³-hybridized carbons (Fsp3) is 0.417. The summed E-state index contributed by atoms with van der Waals surface area (Å²) in [5.41, 5.74) is -1.69. The second kappa shape index (κ2) is 5.96. The van der Waals surface area contributed by atoms with Crippen molar-refractivity contribution >= 4 is 17.4 Å². The van der Waals surface area contributed by atoms with Gasteiger partial charge in [-0.2, -0.15) is 0 Å². The molecule has 0 aliphatic carbocycles. The first-order valence-electron chi connectivity index (χ1n) is 5.05. The van der Waals surface area contributed by atoms with Gasteiger partial charge in [0.25, 0.3) is 0 Å². The molecule has 0 saturated heterocycles. The summed E-state index contributed by atoms with van der Waals surface area (Å²) in [7, 11) is 0. The van der Waals surface area contributed by atoms with Crippen molar-refractivity contribution in [3.05, 3.63) is 29.3 Å². The van der Waals surface area contributed by atoms with Crippen LogP contribution < -0.4 is 4.74 Å². The van der Waals surface area contributed by atoms with E-state index in [1.165, 1.54) is 0 Å². The highest BCUT2D eigenvalue weighted by Crippen LogP contribution is 2.23. The largest absolute Gasteiger partial charge is 0.492 e. The van der Waals surface area contributed by atoms with Crippen LogP contribution in [0.25, 0.3) is 0 Å². The van der Waals surface area contributed by atoms with Crippen molar-refractivity contribution in [3.8, 4) is 5.75 Å². The summed E-state index contributed by atoms with van der Waals surface area (Å²) in [6.07, 6.45) is 0. The Balaban J connectivity index is 2.70. The van der Waals surface area contributed by atoms with Crippen LogP contribution in [-0.2, 0) is 4.79 Å². The Bertz CT molecular complexity index is 375. The minimum absolute atomic E-state index is 0.322. The Morgan fingerprint density at radius 1 is 1.29 bits per heavy atom. The number of carbonyl (C=O) groups is 1. The Labute approximate surface area is 104 Å². The zero-order valence-electron chi connectivity index (χ0n) is 9.38. The summed E-state index contributed by atoms with van der Waals surface area (Å²) >= 11 is 5.68. The van der Waals surface area contributed by atoms with Crippen molar-refractivity contribution in [1.29, 1.82) is 0 Å². The molecule has 0 bridgehead atoms. The number of alkyl halides is 2. The van der Waals surface area contributed by atoms with Gasteiger partial charge in [0.15, 0.2) is 0 Å². The van der Waals surface area contributed by atoms with Gasteiger partial charge < -0.3 is 4.74 Å². The molecule has 17 heavy (non-hydrogen) atoms. The zero-order valence-corrected chi connectivity index (χ0v) is 10.1. The van der Waals surface area contributed by atoms with Crippen LogP contribution in [0.15, 0.2) is 24.3 Å². The maximum absolute atomic E-state index is 12.8. The molecule has 1 rings (SSSR count). The van der Waals surface area contributed by atoms with Crippen LogP contribution in [0.2, 0.25) is 5.02 Å². The monoisotopic (exact) mass is 262 g/mol. The van der Waals surface area contributed by atoms with Crippen LogP contribution in [0.3, 0.4) is 0 Å². The van der Waals surface area contributed by atoms with Gasteiger partial charge in [0.1, 0.15) is 36.9 Å². The van der Waals surface area contributed by atoms with Gasteiger partial charge in [0, 0.05) is 5.02 Å². The Morgan fingerprint density at radius 3 is 2.24 bits per heavy atom. The molecule has 0 aliphatic rings. The second-order valence-corrected chi connectivity index (χ2v) is 4.28. The van der Waals surface area contributed by atoms with Gasteiger partial charge in [-0.3, -0.25) is 4.79 Å². The maximum atomic E-state index is 12.8. The normalized spacial score (nSPS) is 11.3. The summed E-state index contributed by atoms with van der Waals surface area (Å²) in [4.78, 5) is 11.2. The van der Waals surface area contributed by atoms with Crippen molar-refractivity contribution in [2.24, 2.45) is 5.41 Å². The lowest BCUT2D eigenvalue weighted by Crippen LogP contribution is -2.40. The number of Topliss-reactive ketones (excluding diaryl/α,β-unsaturated/α-hetero) is 1. The SMILES string of the molecule is CC(=O)C(CF)(CF)COc1ccc(Cl)cc1. The van der Waals surface area contributed by atoms with Crippen molar-refractivity contribution < 1.29 is 18.3 Å². The third-order valence-corrected chi connectivity index (χ3v) is 2.84. The Hall–Kier alpha value is -1.16. The first-order valence-corrected chi connectivity index (χ1v) is 5.43. The number of hydrogen-bond donors (Lipinski definition) is 0. The molecule has 0 amide bonds. The molecule has 0 radical (unpaired) electrons. The van der Waals surface area contributed by atoms with Crippen molar-refractivity contribution in [2.75, 3.05) is 20.0 Å². The van der Waals surface area contributed by atoms with Gasteiger partial charge in [-0.25, -0.2) is 8.78 Å². The van der Waals surface area contributed by atoms with Crippen molar-refractivity contribution in [3.63, 3.8) is 0 Å². The summed E-state index contributed by atoms with van der Waals surface area (Å²) in [5.74, 6) is -0.140. The molecule has 0 atom stereocenters. The van der Waals surface area contributed by atoms with E-state index in [-0.39, 0.29) is 6.61 Å². The second-order valence-electron chi connectivity index (χ2n) is 3.85. The van der Waals surface area contributed by atoms with Crippen LogP contribution in [0.4, 0.5) is 8.78 Å². The summed E-state index contributed by atoms with van der Waals surface area (Å²) < 4.78 is 30.7. The van der Waals surface area contributed by atoms with Gasteiger partial charge in [-0.1, -0.05) is 11.6 Å². The minimum atomic E-state index is -1.69. The molecule has 0 heterocycles. The van der Waals surface area contributed by atoms with E-state index in [9.17, 15) is 13.6 Å². The van der Waals surface area contributed by atoms with E-state index in [0.29, 0.717) is 10.8 Å². The summed E-state index contributed by atoms with van der Waals surface area (Å²) in [5, 5.41) is 0.533. The van der Waals surface area contributed by atoms with Crippen LogP contribution >= 0.6 is 11.6 Å². The fourth-order valence-corrected chi connectivity index (χ4v) is 1.28. The number of hydrogen-bond acceptors (Lipinski definition) is 2. The minimum Gasteiger partial charge on any atom is -0.492 e. The molecule has 0 aliphatic heterocycles. The van der Waals surface area contributed by atoms with E-state index < -0.39 is 24.5 Å². The lowest BCUT2D eigenvalue weighted by molar-refractivity contribution is -0.130. The molecule has 0 N–H and O–H groups in total. The molecule has 0 aromatic heterocycles. The van der Waals surface area contributed by atoms with Gasteiger partial charge in [-0.05, 0) is 31.2 Å². The third-order valence-electron chi connectivity index (χ3n) is 2.59. The van der Waals surface area contributed by atoms with E-state index in [0.717, 1.165) is 6.92 Å². The summed E-state index contributed by atoms with van der Waals surface area (Å²) in [6, 6.07) is 6.34. The number of rotatable bonds is 6. The van der Waals surface area contributed by atoms with E-state index in [4.69, 9.17) is 16.3 Å². The zero-order chi connectivity index (χ0) is 12.9. The summed E-state index contributed by atoms with van der Waals surface area (Å²) in [6.45, 7) is -1.32. The number of ketones is 1. The topological polar surface area (TPSA) is 26.3 Å². The quantitative estimate of drug-likeness (QED) is 0.787. The Kier molecular flexibility index (Phi) is 4.87. The molecule has 5 heteroatoms. The average Bonchev–Trinajstić information content (AvgIpc) is 2.33. The lowest BCUT2D eigenvalue weighted by atomic mass is 9.88. The van der Waals surface area contributed by atoms with E-state index >= 15 is 0 Å². The number of halogens is 3. The molecule has 0 spiro atoms. The van der Waals surface area contributed by atoms with Gasteiger partial charge >= 0.3 is 0 Å². The van der Waals surface area contributed by atoms with Crippen LogP contribution in [-0.4, -0.2) is 25.7 Å². The fourth-order valence-electron chi connectivity index (χ4n) is 1.15. The van der Waals surface area contributed by atoms with Gasteiger partial charge in [-0.15, -0.1) is 0 Å². The third kappa shape index (κ3) is 3.40. The predicted molar refractivity (Wildman–Crippen MR) is 62.0 cm³/mol. The van der Waals surface area contributed by atoms with E-state index in [1.807, 2.05) is 0 Å². The van der Waals surface area contributed by atoms with Crippen LogP contribution in [0.1, 0.15) is 6.92 Å². The predicted octanol–water partition coefficient (Wildman–Crippen LogP) is 3.23. The molecule has 0 unspecified atom stereocenters. The van der Waals surface area contributed by atoms with Gasteiger partial charge in [0.05, 0.1) is 0 Å². The smallest absolute Gasteiger partial charge is 0.144 e. The van der Waals surface area contributed by atoms with E-state index in [2.05, 4.69) is 0 Å². The van der Waals surface area contributed by atoms with Crippen LogP contribution in [0.5, 0.6) is 5.75 Å². The molecule has 1 aromatic carbocycles. The maximum Gasteiger partial charge on any atom is 0.144 e. The molecule has 1 aromatic rings. The molecule has 0 saturated carbocycles. The molecule has 2 nitrogen and oxygen atoms in total. The highest BCUT2D eigenvalue weighted by molar-refractivity contribution is 6.30. The Morgan fingerprint density at radius 2 is 1.82 bits per heavy atom. The standard InChI is InChI=1S/C12H13ClF2O2/c1-9(16)12(6-14,7-15)8-17-11-4-2-10(13)3-5-11/h2-5H,6-8H2,1H3. The number of benzene rings is 1. The highest BCUT2D eigenvalue weighted by atomic mass is 35.5.